The maximum absolute atomic E-state index is 12.5. The van der Waals surface area contributed by atoms with Crippen LogP contribution in [-0.2, 0) is 14.3 Å². The molecule has 26 heavy (non-hydrogen) atoms. The predicted molar refractivity (Wildman–Crippen MR) is 97.6 cm³/mol. The van der Waals surface area contributed by atoms with Crippen molar-refractivity contribution in [3.05, 3.63) is 29.8 Å². The molecule has 0 spiro atoms. The highest BCUT2D eigenvalue weighted by Gasteiger charge is 2.48. The third kappa shape index (κ3) is 4.42. The second-order valence-electron chi connectivity index (χ2n) is 7.17. The fourth-order valence-corrected chi connectivity index (χ4v) is 3.61. The van der Waals surface area contributed by atoms with Gasteiger partial charge in [0.15, 0.2) is 0 Å². The summed E-state index contributed by atoms with van der Waals surface area (Å²) >= 11 is 0. The molecule has 1 aromatic carbocycles. The first-order valence-electron chi connectivity index (χ1n) is 9.38. The number of rotatable bonds is 5. The summed E-state index contributed by atoms with van der Waals surface area (Å²) in [6, 6.07) is 6.96. The lowest BCUT2D eigenvalue weighted by molar-refractivity contribution is -0.125. The number of amides is 2. The Morgan fingerprint density at radius 2 is 1.62 bits per heavy atom. The number of hydrogen-bond donors (Lipinski definition) is 2. The minimum atomic E-state index is -0.501. The van der Waals surface area contributed by atoms with Crippen LogP contribution in [0.2, 0.25) is 0 Å². The summed E-state index contributed by atoms with van der Waals surface area (Å²) in [5.41, 5.74) is 0.725. The van der Waals surface area contributed by atoms with Gasteiger partial charge < -0.3 is 15.4 Å². The molecule has 2 N–H and O–H groups in total. The van der Waals surface area contributed by atoms with E-state index in [0.717, 1.165) is 25.7 Å². The number of carbonyl (C=O) groups is 3. The van der Waals surface area contributed by atoms with Crippen molar-refractivity contribution in [3.63, 3.8) is 0 Å². The number of benzene rings is 1. The first-order chi connectivity index (χ1) is 12.6. The zero-order valence-electron chi connectivity index (χ0n) is 15.1. The summed E-state index contributed by atoms with van der Waals surface area (Å²) in [5.74, 6) is -1.32. The van der Waals surface area contributed by atoms with Crippen molar-refractivity contribution in [1.82, 2.24) is 5.32 Å². The zero-order valence-corrected chi connectivity index (χ0v) is 15.1. The average molecular weight is 358 g/mol. The molecular weight excluding hydrogens is 332 g/mol. The SMILES string of the molecule is COC(=O)c1ccccc1NC(=O)C1CC1C(=O)NC1CCCCCC1. The summed E-state index contributed by atoms with van der Waals surface area (Å²) < 4.78 is 4.73. The molecule has 2 amide bonds. The van der Waals surface area contributed by atoms with Gasteiger partial charge in [-0.05, 0) is 31.4 Å². The molecule has 2 fully saturated rings. The molecule has 0 radical (unpaired) electrons. The summed E-state index contributed by atoms with van der Waals surface area (Å²) in [6.07, 6.45) is 7.41. The Hall–Kier alpha value is -2.37. The molecule has 3 rings (SSSR count). The van der Waals surface area contributed by atoms with E-state index in [2.05, 4.69) is 10.6 Å². The van der Waals surface area contributed by atoms with E-state index in [0.29, 0.717) is 17.7 Å². The molecule has 2 aliphatic carbocycles. The van der Waals surface area contributed by atoms with Crippen LogP contribution in [-0.4, -0.2) is 30.9 Å². The molecule has 2 aliphatic rings. The van der Waals surface area contributed by atoms with Gasteiger partial charge in [-0.15, -0.1) is 0 Å². The van der Waals surface area contributed by atoms with Gasteiger partial charge in [-0.3, -0.25) is 9.59 Å². The number of esters is 1. The van der Waals surface area contributed by atoms with Gasteiger partial charge in [-0.25, -0.2) is 4.79 Å². The van der Waals surface area contributed by atoms with Crippen LogP contribution in [0.15, 0.2) is 24.3 Å². The van der Waals surface area contributed by atoms with Crippen LogP contribution in [0, 0.1) is 11.8 Å². The van der Waals surface area contributed by atoms with Gasteiger partial charge >= 0.3 is 5.97 Å². The molecule has 6 heteroatoms. The fourth-order valence-electron chi connectivity index (χ4n) is 3.61. The highest BCUT2D eigenvalue weighted by molar-refractivity contribution is 6.04. The second kappa shape index (κ2) is 8.34. The Labute approximate surface area is 153 Å². The number of hydrogen-bond acceptors (Lipinski definition) is 4. The molecule has 2 saturated carbocycles. The van der Waals surface area contributed by atoms with Crippen molar-refractivity contribution < 1.29 is 19.1 Å². The van der Waals surface area contributed by atoms with E-state index in [1.165, 1.54) is 20.0 Å². The van der Waals surface area contributed by atoms with Crippen molar-refractivity contribution >= 4 is 23.5 Å². The van der Waals surface area contributed by atoms with Crippen molar-refractivity contribution in [3.8, 4) is 0 Å². The van der Waals surface area contributed by atoms with E-state index < -0.39 is 5.97 Å². The molecule has 0 bridgehead atoms. The van der Waals surface area contributed by atoms with Crippen molar-refractivity contribution in [2.24, 2.45) is 11.8 Å². The van der Waals surface area contributed by atoms with E-state index >= 15 is 0 Å². The highest BCUT2D eigenvalue weighted by atomic mass is 16.5. The van der Waals surface area contributed by atoms with E-state index in [-0.39, 0.29) is 29.7 Å². The van der Waals surface area contributed by atoms with E-state index in [1.54, 1.807) is 24.3 Å². The minimum absolute atomic E-state index is 0.0155. The minimum Gasteiger partial charge on any atom is -0.465 e. The summed E-state index contributed by atoms with van der Waals surface area (Å²) in [4.78, 5) is 36.7. The van der Waals surface area contributed by atoms with Crippen LogP contribution in [0.5, 0.6) is 0 Å². The van der Waals surface area contributed by atoms with Crippen molar-refractivity contribution in [1.29, 1.82) is 0 Å². The van der Waals surface area contributed by atoms with Gasteiger partial charge in [0.1, 0.15) is 0 Å². The Kier molecular flexibility index (Phi) is 5.91. The topological polar surface area (TPSA) is 84.5 Å². The fraction of sp³-hybridized carbons (Fsp3) is 0.550. The average Bonchev–Trinajstić information content (AvgIpc) is 3.46. The summed E-state index contributed by atoms with van der Waals surface area (Å²) in [5, 5.41) is 5.88. The standard InChI is InChI=1S/C20H26N2O4/c1-26-20(25)14-10-6-7-11-17(14)22-19(24)16-12-15(16)18(23)21-13-8-4-2-3-5-9-13/h6-7,10-11,13,15-16H,2-5,8-9,12H2,1H3,(H,21,23)(H,22,24). The van der Waals surface area contributed by atoms with E-state index in [4.69, 9.17) is 4.74 Å². The number of carbonyl (C=O) groups excluding carboxylic acids is 3. The maximum Gasteiger partial charge on any atom is 0.339 e. The molecule has 0 saturated heterocycles. The maximum atomic E-state index is 12.5. The Morgan fingerprint density at radius 1 is 0.962 bits per heavy atom. The van der Waals surface area contributed by atoms with Crippen LogP contribution < -0.4 is 10.6 Å². The number of nitrogens with one attached hydrogen (secondary N) is 2. The van der Waals surface area contributed by atoms with Gasteiger partial charge in [-0.2, -0.15) is 0 Å². The van der Waals surface area contributed by atoms with E-state index in [1.807, 2.05) is 0 Å². The van der Waals surface area contributed by atoms with Crippen LogP contribution in [0.3, 0.4) is 0 Å². The molecule has 140 valence electrons. The Balaban J connectivity index is 1.54. The van der Waals surface area contributed by atoms with Gasteiger partial charge in [0.05, 0.1) is 30.2 Å². The largest absolute Gasteiger partial charge is 0.465 e. The lowest BCUT2D eigenvalue weighted by atomic mass is 10.1. The highest BCUT2D eigenvalue weighted by Crippen LogP contribution is 2.40. The lowest BCUT2D eigenvalue weighted by Crippen LogP contribution is -2.36. The number of anilines is 1. The predicted octanol–water partition coefficient (Wildman–Crippen LogP) is 2.89. The monoisotopic (exact) mass is 358 g/mol. The quantitative estimate of drug-likeness (QED) is 0.626. The van der Waals surface area contributed by atoms with Gasteiger partial charge in [0, 0.05) is 6.04 Å². The van der Waals surface area contributed by atoms with Gasteiger partial charge in [0.2, 0.25) is 11.8 Å². The molecule has 6 nitrogen and oxygen atoms in total. The van der Waals surface area contributed by atoms with Gasteiger partial charge in [-0.1, -0.05) is 37.8 Å². The smallest absolute Gasteiger partial charge is 0.339 e. The molecular formula is C20H26N2O4. The van der Waals surface area contributed by atoms with Crippen molar-refractivity contribution in [2.75, 3.05) is 12.4 Å². The third-order valence-electron chi connectivity index (χ3n) is 5.26. The van der Waals surface area contributed by atoms with Gasteiger partial charge in [0.25, 0.3) is 0 Å². The Morgan fingerprint density at radius 3 is 2.31 bits per heavy atom. The van der Waals surface area contributed by atoms with E-state index in [9.17, 15) is 14.4 Å². The first-order valence-corrected chi connectivity index (χ1v) is 9.38. The third-order valence-corrected chi connectivity index (χ3v) is 5.26. The van der Waals surface area contributed by atoms with Crippen LogP contribution in [0.4, 0.5) is 5.69 Å². The molecule has 2 atom stereocenters. The molecule has 0 aliphatic heterocycles. The molecule has 0 aromatic heterocycles. The zero-order chi connectivity index (χ0) is 18.5. The number of ether oxygens (including phenoxy) is 1. The lowest BCUT2D eigenvalue weighted by Gasteiger charge is -2.16. The molecule has 1 aromatic rings. The molecule has 2 unspecified atom stereocenters. The van der Waals surface area contributed by atoms with Crippen LogP contribution >= 0.6 is 0 Å². The second-order valence-corrected chi connectivity index (χ2v) is 7.17. The normalized spacial score (nSPS) is 22.8. The van der Waals surface area contributed by atoms with Crippen LogP contribution in [0.25, 0.3) is 0 Å². The number of para-hydroxylation sites is 1. The number of methoxy groups -OCH3 is 1. The summed E-state index contributed by atoms with van der Waals surface area (Å²) in [6.45, 7) is 0. The molecule has 0 heterocycles. The van der Waals surface area contributed by atoms with Crippen LogP contribution in [0.1, 0.15) is 55.3 Å². The van der Waals surface area contributed by atoms with Crippen molar-refractivity contribution in [2.45, 2.75) is 51.0 Å². The first kappa shape index (κ1) is 18.4. The summed E-state index contributed by atoms with van der Waals surface area (Å²) in [7, 11) is 1.30. The Bertz CT molecular complexity index is 680.